The minimum Gasteiger partial charge on any atom is -0.474 e. The van der Waals surface area contributed by atoms with Gasteiger partial charge in [-0.2, -0.15) is 0 Å². The van der Waals surface area contributed by atoms with Crippen molar-refractivity contribution in [2.75, 3.05) is 13.2 Å². The van der Waals surface area contributed by atoms with Crippen molar-refractivity contribution in [3.8, 4) is 5.88 Å². The van der Waals surface area contributed by atoms with Gasteiger partial charge in [0, 0.05) is 12.3 Å². The van der Waals surface area contributed by atoms with Crippen molar-refractivity contribution in [1.82, 2.24) is 4.98 Å². The summed E-state index contributed by atoms with van der Waals surface area (Å²) < 4.78 is 10.5. The first-order chi connectivity index (χ1) is 8.72. The number of ether oxygens (including phenoxy) is 2. The molecule has 0 atom stereocenters. The van der Waals surface area contributed by atoms with Gasteiger partial charge in [-0.15, -0.1) is 0 Å². The van der Waals surface area contributed by atoms with Crippen LogP contribution in [-0.4, -0.2) is 30.2 Å². The Labute approximate surface area is 106 Å². The zero-order valence-electron chi connectivity index (χ0n) is 10.5. The van der Waals surface area contributed by atoms with E-state index in [-0.39, 0.29) is 12.1 Å². The topological polar surface area (TPSA) is 74.4 Å². The number of pyridine rings is 1. The first-order valence-corrected chi connectivity index (χ1v) is 6.22. The monoisotopic (exact) mass is 250 g/mol. The van der Waals surface area contributed by atoms with Crippen molar-refractivity contribution in [1.29, 1.82) is 0 Å². The minimum absolute atomic E-state index is 0.208. The molecule has 0 aromatic carbocycles. The van der Waals surface area contributed by atoms with E-state index in [1.807, 2.05) is 0 Å². The van der Waals surface area contributed by atoms with E-state index in [1.165, 1.54) is 6.20 Å². The highest BCUT2D eigenvalue weighted by Gasteiger charge is 2.29. The molecule has 2 N–H and O–H groups in total. The third-order valence-corrected chi connectivity index (χ3v) is 3.06. The van der Waals surface area contributed by atoms with Gasteiger partial charge in [-0.1, -0.05) is 0 Å². The lowest BCUT2D eigenvalue weighted by atomic mass is 9.82. The molecule has 1 aromatic heterocycles. The van der Waals surface area contributed by atoms with Crippen LogP contribution in [0.4, 0.5) is 0 Å². The Balaban J connectivity index is 1.86. The fourth-order valence-electron chi connectivity index (χ4n) is 1.92. The van der Waals surface area contributed by atoms with E-state index in [1.54, 1.807) is 19.1 Å². The molecule has 1 aliphatic carbocycles. The molecule has 1 aliphatic rings. The fraction of sp³-hybridized carbons (Fsp3) is 0.538. The number of hydrogen-bond donors (Lipinski definition) is 1. The highest BCUT2D eigenvalue weighted by atomic mass is 16.5. The molecule has 5 heteroatoms. The van der Waals surface area contributed by atoms with Crippen LogP contribution in [0.15, 0.2) is 18.3 Å². The number of rotatable bonds is 5. The number of nitrogens with zero attached hydrogens (tertiary/aromatic N) is 1. The van der Waals surface area contributed by atoms with Crippen LogP contribution in [0.1, 0.15) is 30.1 Å². The molecule has 0 radical (unpaired) electrons. The van der Waals surface area contributed by atoms with Gasteiger partial charge in [0.05, 0.1) is 12.2 Å². The summed E-state index contributed by atoms with van der Waals surface area (Å²) in [6, 6.07) is 3.36. The molecule has 0 amide bonds. The normalized spacial score (nSPS) is 22.1. The number of hydrogen-bond acceptors (Lipinski definition) is 5. The minimum atomic E-state index is -0.358. The van der Waals surface area contributed by atoms with Gasteiger partial charge < -0.3 is 15.2 Å². The molecule has 0 unspecified atom stereocenters. The van der Waals surface area contributed by atoms with Crippen LogP contribution in [0.3, 0.4) is 0 Å². The molecule has 0 aliphatic heterocycles. The van der Waals surface area contributed by atoms with Gasteiger partial charge in [-0.3, -0.25) is 0 Å². The van der Waals surface area contributed by atoms with E-state index in [4.69, 9.17) is 15.2 Å². The van der Waals surface area contributed by atoms with Gasteiger partial charge in [-0.05, 0) is 38.3 Å². The molecule has 0 spiro atoms. The average Bonchev–Trinajstić information content (AvgIpc) is 2.34. The molecule has 98 valence electrons. The summed E-state index contributed by atoms with van der Waals surface area (Å²) in [5.41, 5.74) is 5.99. The number of carbonyl (C=O) groups excluding carboxylic acids is 1. The summed E-state index contributed by atoms with van der Waals surface area (Å²) in [4.78, 5) is 15.5. The highest BCUT2D eigenvalue weighted by molar-refractivity contribution is 5.89. The van der Waals surface area contributed by atoms with Crippen molar-refractivity contribution in [3.05, 3.63) is 23.9 Å². The molecule has 1 saturated carbocycles. The smallest absolute Gasteiger partial charge is 0.339 e. The summed E-state index contributed by atoms with van der Waals surface area (Å²) in [6.45, 7) is 2.85. The number of esters is 1. The van der Waals surface area contributed by atoms with Crippen LogP contribution in [0, 0.1) is 5.92 Å². The lowest BCUT2D eigenvalue weighted by Gasteiger charge is -2.34. The van der Waals surface area contributed by atoms with Crippen LogP contribution < -0.4 is 10.5 Å². The van der Waals surface area contributed by atoms with Gasteiger partial charge in [-0.25, -0.2) is 9.78 Å². The van der Waals surface area contributed by atoms with Gasteiger partial charge in [0.25, 0.3) is 0 Å². The lowest BCUT2D eigenvalue weighted by molar-refractivity contribution is 0.0524. The van der Waals surface area contributed by atoms with Crippen molar-refractivity contribution in [3.63, 3.8) is 0 Å². The zero-order chi connectivity index (χ0) is 13.0. The molecule has 2 rings (SSSR count). The van der Waals surface area contributed by atoms with Gasteiger partial charge in [0.1, 0.15) is 6.10 Å². The zero-order valence-corrected chi connectivity index (χ0v) is 10.5. The second-order valence-electron chi connectivity index (χ2n) is 4.42. The summed E-state index contributed by atoms with van der Waals surface area (Å²) in [6.07, 6.45) is 3.65. The predicted molar refractivity (Wildman–Crippen MR) is 66.4 cm³/mol. The highest BCUT2D eigenvalue weighted by Crippen LogP contribution is 2.29. The molecular formula is C13H18N2O3. The van der Waals surface area contributed by atoms with E-state index in [9.17, 15) is 4.79 Å². The quantitative estimate of drug-likeness (QED) is 0.799. The van der Waals surface area contributed by atoms with Gasteiger partial charge >= 0.3 is 5.97 Å². The van der Waals surface area contributed by atoms with Crippen molar-refractivity contribution >= 4 is 5.97 Å². The largest absolute Gasteiger partial charge is 0.474 e. The SMILES string of the molecule is CCOC(=O)c1ccc(OC2CC(CN)C2)nc1. The fourth-order valence-corrected chi connectivity index (χ4v) is 1.92. The van der Waals surface area contributed by atoms with Crippen molar-refractivity contribution in [2.24, 2.45) is 11.7 Å². The number of carbonyl (C=O) groups is 1. The Morgan fingerprint density at radius 1 is 1.50 bits per heavy atom. The number of aromatic nitrogens is 1. The third kappa shape index (κ3) is 2.98. The maximum Gasteiger partial charge on any atom is 0.339 e. The molecule has 1 aromatic rings. The molecular weight excluding hydrogens is 232 g/mol. The Kier molecular flexibility index (Phi) is 4.15. The summed E-state index contributed by atoms with van der Waals surface area (Å²) in [5.74, 6) is 0.765. The first kappa shape index (κ1) is 12.8. The van der Waals surface area contributed by atoms with Crippen LogP contribution >= 0.6 is 0 Å². The van der Waals surface area contributed by atoms with E-state index >= 15 is 0 Å². The summed E-state index contributed by atoms with van der Waals surface area (Å²) in [5, 5.41) is 0. The van der Waals surface area contributed by atoms with Crippen LogP contribution in [0.5, 0.6) is 5.88 Å². The Morgan fingerprint density at radius 2 is 2.28 bits per heavy atom. The van der Waals surface area contributed by atoms with Crippen molar-refractivity contribution in [2.45, 2.75) is 25.9 Å². The molecule has 1 fully saturated rings. The van der Waals surface area contributed by atoms with Crippen molar-refractivity contribution < 1.29 is 14.3 Å². The number of nitrogens with two attached hydrogens (primary N) is 1. The lowest BCUT2D eigenvalue weighted by Crippen LogP contribution is -2.37. The van der Waals surface area contributed by atoms with Crippen LogP contribution in [0.2, 0.25) is 0 Å². The molecule has 18 heavy (non-hydrogen) atoms. The Morgan fingerprint density at radius 3 is 2.83 bits per heavy atom. The Bertz CT molecular complexity index is 399. The van der Waals surface area contributed by atoms with Gasteiger partial charge in [0.15, 0.2) is 0 Å². The van der Waals surface area contributed by atoms with E-state index in [0.29, 0.717) is 24.0 Å². The second kappa shape index (κ2) is 5.82. The molecule has 1 heterocycles. The summed E-state index contributed by atoms with van der Waals surface area (Å²) >= 11 is 0. The summed E-state index contributed by atoms with van der Waals surface area (Å²) in [7, 11) is 0. The van der Waals surface area contributed by atoms with E-state index < -0.39 is 0 Å². The van der Waals surface area contributed by atoms with E-state index in [2.05, 4.69) is 4.98 Å². The molecule has 5 nitrogen and oxygen atoms in total. The standard InChI is InChI=1S/C13H18N2O3/c1-2-17-13(16)10-3-4-12(15-8-10)18-11-5-9(6-11)7-14/h3-4,8-9,11H,2,5-7,14H2,1H3. The van der Waals surface area contributed by atoms with Crippen LogP contribution in [-0.2, 0) is 4.74 Å². The Hall–Kier alpha value is -1.62. The second-order valence-corrected chi connectivity index (χ2v) is 4.42. The first-order valence-electron chi connectivity index (χ1n) is 6.22. The molecule has 0 saturated heterocycles. The third-order valence-electron chi connectivity index (χ3n) is 3.06. The van der Waals surface area contributed by atoms with Crippen LogP contribution in [0.25, 0.3) is 0 Å². The maximum atomic E-state index is 11.4. The average molecular weight is 250 g/mol. The van der Waals surface area contributed by atoms with E-state index in [0.717, 1.165) is 19.4 Å². The van der Waals surface area contributed by atoms with Gasteiger partial charge in [0.2, 0.25) is 5.88 Å². The molecule has 0 bridgehead atoms. The maximum absolute atomic E-state index is 11.4. The predicted octanol–water partition coefficient (Wildman–Crippen LogP) is 1.37.